The van der Waals surface area contributed by atoms with Crippen molar-refractivity contribution in [2.24, 2.45) is 0 Å². The van der Waals surface area contributed by atoms with Gasteiger partial charge in [-0.2, -0.15) is 0 Å². The Morgan fingerprint density at radius 3 is 2.29 bits per heavy atom. The van der Waals surface area contributed by atoms with E-state index in [1.165, 1.54) is 32.1 Å². The molecule has 84 valence electrons. The minimum Gasteiger partial charge on any atom is -0.396 e. The highest BCUT2D eigenvalue weighted by Gasteiger charge is 2.28. The molecule has 1 saturated carbocycles. The van der Waals surface area contributed by atoms with E-state index in [2.05, 4.69) is 18.7 Å². The molecule has 0 aromatic heterocycles. The van der Waals surface area contributed by atoms with E-state index < -0.39 is 0 Å². The van der Waals surface area contributed by atoms with Crippen LogP contribution in [-0.4, -0.2) is 35.2 Å². The molecule has 0 atom stereocenters. The van der Waals surface area contributed by atoms with E-state index in [1.54, 1.807) is 0 Å². The summed E-state index contributed by atoms with van der Waals surface area (Å²) >= 11 is 0. The van der Waals surface area contributed by atoms with Gasteiger partial charge in [0, 0.05) is 25.2 Å². The monoisotopic (exact) mass is 199 g/mol. The fourth-order valence-corrected chi connectivity index (χ4v) is 2.39. The molecule has 0 aromatic rings. The molecule has 0 heterocycles. The summed E-state index contributed by atoms with van der Waals surface area (Å²) in [6, 6.07) is 1.57. The largest absolute Gasteiger partial charge is 0.396 e. The summed E-state index contributed by atoms with van der Waals surface area (Å²) in [4.78, 5) is 2.64. The Morgan fingerprint density at radius 2 is 1.93 bits per heavy atom. The molecule has 2 nitrogen and oxygen atoms in total. The molecule has 0 radical (unpaired) electrons. The molecule has 1 fully saturated rings. The minimum absolute atomic E-state index is 0.337. The van der Waals surface area contributed by atoms with Crippen LogP contribution in [0, 0.1) is 0 Å². The van der Waals surface area contributed by atoms with Crippen LogP contribution in [0.5, 0.6) is 0 Å². The van der Waals surface area contributed by atoms with Gasteiger partial charge < -0.3 is 5.11 Å². The van der Waals surface area contributed by atoms with Crippen molar-refractivity contribution in [3.63, 3.8) is 0 Å². The molecule has 0 spiro atoms. The van der Waals surface area contributed by atoms with Gasteiger partial charge in [0.1, 0.15) is 0 Å². The van der Waals surface area contributed by atoms with E-state index in [0.717, 1.165) is 25.0 Å². The van der Waals surface area contributed by atoms with Crippen molar-refractivity contribution >= 4 is 0 Å². The maximum absolute atomic E-state index is 8.89. The predicted octanol–water partition coefficient (Wildman–Crippen LogP) is 2.41. The van der Waals surface area contributed by atoms with Crippen molar-refractivity contribution in [1.29, 1.82) is 0 Å². The molecular formula is C12H25NO. The Bertz CT molecular complexity index is 141. The molecule has 0 aliphatic heterocycles. The summed E-state index contributed by atoms with van der Waals surface area (Å²) in [6.07, 6.45) is 7.59. The van der Waals surface area contributed by atoms with Gasteiger partial charge in [0.2, 0.25) is 0 Å². The highest BCUT2D eigenvalue weighted by molar-refractivity contribution is 4.83. The van der Waals surface area contributed by atoms with E-state index in [1.807, 2.05) is 0 Å². The van der Waals surface area contributed by atoms with Gasteiger partial charge in [0.15, 0.2) is 0 Å². The Morgan fingerprint density at radius 1 is 1.29 bits per heavy atom. The van der Waals surface area contributed by atoms with Gasteiger partial charge in [0.25, 0.3) is 0 Å². The second-order valence-corrected chi connectivity index (χ2v) is 4.37. The van der Waals surface area contributed by atoms with E-state index in [9.17, 15) is 0 Å². The number of aliphatic hydroxyl groups is 1. The van der Waals surface area contributed by atoms with E-state index >= 15 is 0 Å². The van der Waals surface area contributed by atoms with Crippen LogP contribution in [0.25, 0.3) is 0 Å². The number of aliphatic hydroxyl groups excluding tert-OH is 1. The Kier molecular flexibility index (Phi) is 5.49. The van der Waals surface area contributed by atoms with Gasteiger partial charge in [-0.25, -0.2) is 0 Å². The fourth-order valence-electron chi connectivity index (χ4n) is 2.39. The lowest BCUT2D eigenvalue weighted by molar-refractivity contribution is 0.0675. The van der Waals surface area contributed by atoms with Crippen LogP contribution < -0.4 is 0 Å². The lowest BCUT2D eigenvalue weighted by atomic mass is 9.89. The average molecular weight is 199 g/mol. The lowest BCUT2D eigenvalue weighted by Crippen LogP contribution is -2.46. The molecule has 0 unspecified atom stereocenters. The van der Waals surface area contributed by atoms with Crippen molar-refractivity contribution in [1.82, 2.24) is 4.90 Å². The molecule has 1 aliphatic carbocycles. The highest BCUT2D eigenvalue weighted by Crippen LogP contribution is 2.28. The first kappa shape index (κ1) is 12.0. The van der Waals surface area contributed by atoms with E-state index in [-0.39, 0.29) is 0 Å². The van der Waals surface area contributed by atoms with Gasteiger partial charge in [0.05, 0.1) is 0 Å². The first-order chi connectivity index (χ1) is 6.83. The molecule has 1 rings (SSSR count). The maximum atomic E-state index is 8.89. The fraction of sp³-hybridized carbons (Fsp3) is 1.00. The number of nitrogens with zero attached hydrogens (tertiary/aromatic N) is 1. The zero-order valence-electron chi connectivity index (χ0n) is 9.71. The van der Waals surface area contributed by atoms with Crippen molar-refractivity contribution in [3.05, 3.63) is 0 Å². The first-order valence-corrected chi connectivity index (χ1v) is 6.20. The molecule has 1 N–H and O–H groups in total. The Balaban J connectivity index is 2.41. The quantitative estimate of drug-likeness (QED) is 0.680. The second kappa shape index (κ2) is 6.41. The number of hydrogen-bond acceptors (Lipinski definition) is 2. The van der Waals surface area contributed by atoms with Crippen LogP contribution in [0.1, 0.15) is 52.4 Å². The Labute approximate surface area is 88.3 Å². The van der Waals surface area contributed by atoms with Crippen molar-refractivity contribution in [2.75, 3.05) is 13.2 Å². The summed E-state index contributed by atoms with van der Waals surface area (Å²) in [7, 11) is 0. The normalized spacial score (nSPS) is 17.8. The average Bonchev–Trinajstić information content (AvgIpc) is 2.12. The predicted molar refractivity (Wildman–Crippen MR) is 60.4 cm³/mol. The molecule has 1 aliphatic rings. The van der Waals surface area contributed by atoms with Gasteiger partial charge >= 0.3 is 0 Å². The van der Waals surface area contributed by atoms with Crippen LogP contribution in [0.2, 0.25) is 0 Å². The van der Waals surface area contributed by atoms with Crippen LogP contribution in [0.15, 0.2) is 0 Å². The minimum atomic E-state index is 0.337. The third-order valence-corrected chi connectivity index (χ3v) is 3.53. The van der Waals surface area contributed by atoms with Crippen LogP contribution in [0.3, 0.4) is 0 Å². The molecule has 14 heavy (non-hydrogen) atoms. The SMILES string of the molecule is CCC(CC)N(CCCO)C1CCC1. The first-order valence-electron chi connectivity index (χ1n) is 6.20. The molecule has 2 heteroatoms. The van der Waals surface area contributed by atoms with Crippen LogP contribution in [0.4, 0.5) is 0 Å². The van der Waals surface area contributed by atoms with Gasteiger partial charge in [-0.05, 0) is 32.1 Å². The van der Waals surface area contributed by atoms with E-state index in [0.29, 0.717) is 6.61 Å². The molecular weight excluding hydrogens is 174 g/mol. The van der Waals surface area contributed by atoms with Crippen molar-refractivity contribution in [3.8, 4) is 0 Å². The molecule has 0 bridgehead atoms. The van der Waals surface area contributed by atoms with Crippen molar-refractivity contribution in [2.45, 2.75) is 64.5 Å². The summed E-state index contributed by atoms with van der Waals surface area (Å²) in [5.74, 6) is 0. The third kappa shape index (κ3) is 2.96. The topological polar surface area (TPSA) is 23.5 Å². The van der Waals surface area contributed by atoms with Crippen molar-refractivity contribution < 1.29 is 5.11 Å². The Hall–Kier alpha value is -0.0800. The highest BCUT2D eigenvalue weighted by atomic mass is 16.3. The maximum Gasteiger partial charge on any atom is 0.0443 e. The summed E-state index contributed by atoms with van der Waals surface area (Å²) in [5.41, 5.74) is 0. The van der Waals surface area contributed by atoms with Gasteiger partial charge in [-0.1, -0.05) is 20.3 Å². The van der Waals surface area contributed by atoms with E-state index in [4.69, 9.17) is 5.11 Å². The van der Waals surface area contributed by atoms with Gasteiger partial charge in [-0.3, -0.25) is 4.90 Å². The molecule has 0 saturated heterocycles. The summed E-state index contributed by atoms with van der Waals surface area (Å²) < 4.78 is 0. The summed E-state index contributed by atoms with van der Waals surface area (Å²) in [6.45, 7) is 5.98. The smallest absolute Gasteiger partial charge is 0.0443 e. The standard InChI is InChI=1S/C12H25NO/c1-3-11(4-2)13(9-6-10-14)12-7-5-8-12/h11-12,14H,3-10H2,1-2H3. The zero-order chi connectivity index (χ0) is 10.4. The number of hydrogen-bond donors (Lipinski definition) is 1. The molecule has 0 amide bonds. The van der Waals surface area contributed by atoms with Crippen LogP contribution >= 0.6 is 0 Å². The third-order valence-electron chi connectivity index (χ3n) is 3.53. The van der Waals surface area contributed by atoms with Crippen LogP contribution in [-0.2, 0) is 0 Å². The second-order valence-electron chi connectivity index (χ2n) is 4.37. The zero-order valence-corrected chi connectivity index (χ0v) is 9.71. The molecule has 0 aromatic carbocycles. The number of rotatable bonds is 7. The summed E-state index contributed by atoms with van der Waals surface area (Å²) in [5, 5.41) is 8.89. The lowest BCUT2D eigenvalue weighted by Gasteiger charge is -2.42. The van der Waals surface area contributed by atoms with Gasteiger partial charge in [-0.15, -0.1) is 0 Å².